The lowest BCUT2D eigenvalue weighted by atomic mass is 9.95. The van der Waals surface area contributed by atoms with Crippen molar-refractivity contribution < 1.29 is 33.2 Å². The number of carboxylic acids is 1. The predicted octanol–water partition coefficient (Wildman–Crippen LogP) is -0.848. The van der Waals surface area contributed by atoms with Crippen LogP contribution >= 0.6 is 0 Å². The van der Waals surface area contributed by atoms with E-state index in [9.17, 15) is 23.7 Å². The van der Waals surface area contributed by atoms with E-state index in [1.54, 1.807) is 24.3 Å². The number of aliphatic imine (C=N–C) groups is 1. The zero-order chi connectivity index (χ0) is 28.7. The fraction of sp³-hybridized carbons (Fsp3) is 0.583. The summed E-state index contributed by atoms with van der Waals surface area (Å²) in [7, 11) is -1.78. The van der Waals surface area contributed by atoms with Gasteiger partial charge in [0.25, 0.3) is 5.91 Å². The minimum atomic E-state index is -1.78. The summed E-state index contributed by atoms with van der Waals surface area (Å²) in [6, 6.07) is 5.10. The summed E-state index contributed by atoms with van der Waals surface area (Å²) in [5, 5.41) is 20.7. The summed E-state index contributed by atoms with van der Waals surface area (Å²) in [6.07, 6.45) is 0.330. The molecule has 14 nitrogen and oxygen atoms in total. The van der Waals surface area contributed by atoms with Crippen LogP contribution in [0.15, 0.2) is 29.3 Å². The van der Waals surface area contributed by atoms with E-state index >= 15 is 0 Å². The van der Waals surface area contributed by atoms with Crippen molar-refractivity contribution in [2.24, 2.45) is 16.1 Å². The van der Waals surface area contributed by atoms with Gasteiger partial charge in [0.2, 0.25) is 0 Å². The number of hydrogen-bond acceptors (Lipinski definition) is 10. The molecular weight excluding hydrogens is 530 g/mol. The molecule has 0 aliphatic carbocycles. The van der Waals surface area contributed by atoms with Gasteiger partial charge in [-0.2, -0.15) is 0 Å². The first-order chi connectivity index (χ1) is 18.6. The molecule has 1 heterocycles. The highest BCUT2D eigenvalue weighted by molar-refractivity contribution is 7.83. The van der Waals surface area contributed by atoms with E-state index in [4.69, 9.17) is 15.2 Å². The Morgan fingerprint density at radius 2 is 1.95 bits per heavy atom. The third-order valence-corrected chi connectivity index (χ3v) is 6.54. The molecule has 2 atom stereocenters. The Kier molecular flexibility index (Phi) is 13.5. The maximum Gasteiger partial charge on any atom is 0.407 e. The second-order valence-electron chi connectivity index (χ2n) is 9.45. The molecule has 2 rings (SSSR count). The molecule has 0 saturated carbocycles. The van der Waals surface area contributed by atoms with Gasteiger partial charge in [0.15, 0.2) is 5.96 Å². The van der Waals surface area contributed by atoms with Gasteiger partial charge in [0, 0.05) is 43.7 Å². The molecule has 39 heavy (non-hydrogen) atoms. The first-order valence-corrected chi connectivity index (χ1v) is 13.9. The van der Waals surface area contributed by atoms with Gasteiger partial charge in [-0.15, -0.1) is 0 Å². The van der Waals surface area contributed by atoms with Gasteiger partial charge < -0.3 is 41.6 Å². The molecule has 0 fully saturated rings. The van der Waals surface area contributed by atoms with Crippen molar-refractivity contribution >= 4 is 34.9 Å². The maximum absolute atomic E-state index is 12.5. The molecule has 0 radical (unpaired) electrons. The second-order valence-corrected chi connectivity index (χ2v) is 10.8. The van der Waals surface area contributed by atoms with Crippen LogP contribution in [0.5, 0.6) is 5.75 Å². The monoisotopic (exact) mass is 569 g/mol. The minimum Gasteiger partial charge on any atom is -0.492 e. The topological polar surface area (TPSA) is 205 Å². The summed E-state index contributed by atoms with van der Waals surface area (Å²) >= 11 is 0. The van der Waals surface area contributed by atoms with Gasteiger partial charge in [-0.05, 0) is 30.7 Å². The van der Waals surface area contributed by atoms with Crippen LogP contribution in [0.1, 0.15) is 30.6 Å². The number of carbonyl (C=O) groups excluding carboxylic acids is 2. The summed E-state index contributed by atoms with van der Waals surface area (Å²) in [4.78, 5) is 40.1. The highest BCUT2D eigenvalue weighted by Crippen LogP contribution is 2.13. The highest BCUT2D eigenvalue weighted by atomic mass is 32.2. The number of benzene rings is 1. The van der Waals surface area contributed by atoms with E-state index in [-0.39, 0.29) is 30.9 Å². The van der Waals surface area contributed by atoms with Crippen molar-refractivity contribution in [3.63, 3.8) is 0 Å². The van der Waals surface area contributed by atoms with Crippen molar-refractivity contribution in [2.75, 3.05) is 58.2 Å². The van der Waals surface area contributed by atoms with Crippen molar-refractivity contribution in [3.05, 3.63) is 29.8 Å². The molecular formula is C24H39N7O7S. The van der Waals surface area contributed by atoms with E-state index in [2.05, 4.69) is 31.0 Å². The fourth-order valence-electron chi connectivity index (χ4n) is 3.00. The summed E-state index contributed by atoms with van der Waals surface area (Å²) < 4.78 is 25.4. The summed E-state index contributed by atoms with van der Waals surface area (Å²) in [6.45, 7) is 6.51. The molecule has 2 unspecified atom stereocenters. The first-order valence-electron chi connectivity index (χ1n) is 12.6. The van der Waals surface area contributed by atoms with Crippen molar-refractivity contribution in [3.8, 4) is 5.75 Å². The normalized spacial score (nSPS) is 14.7. The van der Waals surface area contributed by atoms with E-state index in [0.717, 1.165) is 25.5 Å². The van der Waals surface area contributed by atoms with Gasteiger partial charge >= 0.3 is 12.1 Å². The lowest BCUT2D eigenvalue weighted by molar-refractivity contribution is -0.138. The van der Waals surface area contributed by atoms with Gasteiger partial charge in [-0.1, -0.05) is 13.8 Å². The molecule has 1 aliphatic rings. The fourth-order valence-corrected chi connectivity index (χ4v) is 3.91. The molecule has 0 saturated heterocycles. The van der Waals surface area contributed by atoms with Crippen LogP contribution in [0.2, 0.25) is 0 Å². The quantitative estimate of drug-likeness (QED) is 0.123. The molecule has 0 spiro atoms. The minimum absolute atomic E-state index is 0.00365. The first kappa shape index (κ1) is 31.8. The number of carbonyl (C=O) groups is 3. The van der Waals surface area contributed by atoms with Crippen molar-refractivity contribution in [1.82, 2.24) is 26.0 Å². The van der Waals surface area contributed by atoms with Crippen LogP contribution in [0.4, 0.5) is 4.79 Å². The Balaban J connectivity index is 1.68. The molecule has 8 N–H and O–H groups in total. The number of guanidine groups is 1. The summed E-state index contributed by atoms with van der Waals surface area (Å²) in [5.41, 5.74) is 5.53. The smallest absolute Gasteiger partial charge is 0.407 e. The molecule has 1 aromatic rings. The maximum atomic E-state index is 12.5. The Hall–Kier alpha value is -3.43. The lowest BCUT2D eigenvalue weighted by Gasteiger charge is -2.21. The molecule has 1 aliphatic heterocycles. The second kappa shape index (κ2) is 16.5. The number of alkyl carbamates (subject to hydrolysis) is 1. The molecule has 1 aromatic carbocycles. The molecule has 0 bridgehead atoms. The zero-order valence-corrected chi connectivity index (χ0v) is 23.1. The van der Waals surface area contributed by atoms with Gasteiger partial charge in [0.1, 0.15) is 18.4 Å². The van der Waals surface area contributed by atoms with E-state index in [1.165, 1.54) is 0 Å². The molecule has 2 amide bonds. The van der Waals surface area contributed by atoms with Gasteiger partial charge in [0.05, 0.1) is 29.9 Å². The number of nitrogens with one attached hydrogen (secondary N) is 5. The van der Waals surface area contributed by atoms with Crippen LogP contribution in [0.3, 0.4) is 0 Å². The predicted molar refractivity (Wildman–Crippen MR) is 147 cm³/mol. The Morgan fingerprint density at radius 1 is 1.21 bits per heavy atom. The Labute approximate surface area is 230 Å². The number of carboxylic acid groups (broad SMARTS) is 1. The largest absolute Gasteiger partial charge is 0.492 e. The van der Waals surface area contributed by atoms with Crippen LogP contribution in [0.25, 0.3) is 0 Å². The highest BCUT2D eigenvalue weighted by Gasteiger charge is 2.21. The van der Waals surface area contributed by atoms with E-state index in [1.807, 2.05) is 13.8 Å². The van der Waals surface area contributed by atoms with Crippen LogP contribution < -0.4 is 36.5 Å². The lowest BCUT2D eigenvalue weighted by Crippen LogP contribution is -2.47. The average Bonchev–Trinajstić information content (AvgIpc) is 2.93. The van der Waals surface area contributed by atoms with Crippen LogP contribution in [-0.4, -0.2) is 97.5 Å². The molecule has 15 heteroatoms. The molecule has 0 aromatic heterocycles. The SMILES string of the molecule is CC(C)(CN)COC(=O)NCCS(=O)NC(CNC(=O)c1ccc(OCCNC2=NCCCN2)cc1)C(=O)O. The number of aliphatic carboxylic acids is 1. The number of nitrogens with two attached hydrogens (primary N) is 1. The van der Waals surface area contributed by atoms with Gasteiger partial charge in [-0.25, -0.2) is 13.7 Å². The third-order valence-electron chi connectivity index (χ3n) is 5.42. The van der Waals surface area contributed by atoms with E-state index < -0.39 is 35.0 Å². The zero-order valence-electron chi connectivity index (χ0n) is 22.3. The van der Waals surface area contributed by atoms with Gasteiger partial charge in [-0.3, -0.25) is 14.6 Å². The summed E-state index contributed by atoms with van der Waals surface area (Å²) in [5.74, 6) is -0.503. The van der Waals surface area contributed by atoms with Crippen LogP contribution in [0, 0.1) is 5.41 Å². The Bertz CT molecular complexity index is 1010. The number of hydrogen-bond donors (Lipinski definition) is 7. The van der Waals surface area contributed by atoms with Crippen molar-refractivity contribution in [2.45, 2.75) is 26.3 Å². The number of amides is 2. The van der Waals surface area contributed by atoms with Crippen molar-refractivity contribution in [1.29, 1.82) is 0 Å². The average molecular weight is 570 g/mol. The standard InChI is InChI=1S/C24H39N7O7S/c1-24(2,15-25)16-38-23(35)29-11-13-39(36)31-19(21(33)34)14-30-20(32)17-4-6-18(7-5-17)37-12-10-28-22-26-8-3-9-27-22/h4-7,19,31H,3,8-16,25H2,1-2H3,(H,29,35)(H,30,32)(H,33,34)(H2,26,27,28). The third kappa shape index (κ3) is 12.8. The van der Waals surface area contributed by atoms with E-state index in [0.29, 0.717) is 31.0 Å². The number of ether oxygens (including phenoxy) is 2. The molecule has 218 valence electrons. The Morgan fingerprint density at radius 3 is 2.59 bits per heavy atom. The number of nitrogens with zero attached hydrogens (tertiary/aromatic N) is 1. The number of rotatable bonds is 16. The van der Waals surface area contributed by atoms with Crippen LogP contribution in [-0.2, 0) is 20.5 Å².